The zero-order valence-electron chi connectivity index (χ0n) is 21.2. The van der Waals surface area contributed by atoms with Gasteiger partial charge < -0.3 is 19.9 Å². The maximum absolute atomic E-state index is 12.2. The average Bonchev–Trinajstić information content (AvgIpc) is 2.48. The summed E-state index contributed by atoms with van der Waals surface area (Å²) in [6.07, 6.45) is 3.31. The molecule has 0 aromatic rings. The fourth-order valence-electron chi connectivity index (χ4n) is 3.07. The Labute approximate surface area is 188 Å². The minimum atomic E-state index is -0.680. The number of carbonyl (C=O) groups excluding carboxylic acids is 3. The van der Waals surface area contributed by atoms with Crippen LogP contribution in [0.25, 0.3) is 0 Å². The van der Waals surface area contributed by atoms with Crippen molar-refractivity contribution in [2.24, 2.45) is 5.73 Å². The highest BCUT2D eigenvalue weighted by atomic mass is 16.6. The third-order valence-electron chi connectivity index (χ3n) is 4.20. The first-order chi connectivity index (χ1) is 13.8. The highest BCUT2D eigenvalue weighted by Gasteiger charge is 2.28. The Balaban J connectivity index is 4.84. The molecule has 0 rings (SSSR count). The van der Waals surface area contributed by atoms with Crippen LogP contribution in [-0.4, -0.2) is 40.2 Å². The molecule has 182 valence electrons. The molecule has 0 saturated carbocycles. The van der Waals surface area contributed by atoms with E-state index in [0.29, 0.717) is 32.1 Å². The second-order valence-electron chi connectivity index (χ2n) is 11.3. The van der Waals surface area contributed by atoms with Crippen molar-refractivity contribution in [2.75, 3.05) is 0 Å². The van der Waals surface area contributed by atoms with Crippen molar-refractivity contribution in [2.45, 2.75) is 136 Å². The molecule has 0 amide bonds. The molecular weight excluding hydrogens is 398 g/mol. The van der Waals surface area contributed by atoms with Crippen LogP contribution in [0.15, 0.2) is 0 Å². The monoisotopic (exact) mass is 443 g/mol. The Morgan fingerprint density at radius 3 is 1.13 bits per heavy atom. The van der Waals surface area contributed by atoms with Crippen molar-refractivity contribution < 1.29 is 28.6 Å². The topological polar surface area (TPSA) is 105 Å². The maximum atomic E-state index is 12.2. The molecule has 31 heavy (non-hydrogen) atoms. The number of ether oxygens (including phenoxy) is 3. The summed E-state index contributed by atoms with van der Waals surface area (Å²) in [6.45, 7) is 16.4. The molecule has 0 aliphatic carbocycles. The minimum Gasteiger partial charge on any atom is -0.460 e. The fourth-order valence-corrected chi connectivity index (χ4v) is 3.07. The molecule has 0 spiro atoms. The van der Waals surface area contributed by atoms with Crippen LogP contribution in [0.5, 0.6) is 0 Å². The minimum absolute atomic E-state index is 0.187. The normalized spacial score (nSPS) is 13.0. The van der Waals surface area contributed by atoms with Gasteiger partial charge in [-0.15, -0.1) is 0 Å². The Morgan fingerprint density at radius 1 is 0.548 bits per heavy atom. The summed E-state index contributed by atoms with van der Waals surface area (Å²) in [4.78, 5) is 36.2. The van der Waals surface area contributed by atoms with E-state index in [1.165, 1.54) is 0 Å². The third kappa shape index (κ3) is 17.7. The van der Waals surface area contributed by atoms with Crippen molar-refractivity contribution >= 4 is 17.9 Å². The Kier molecular flexibility index (Phi) is 11.2. The lowest BCUT2D eigenvalue weighted by Gasteiger charge is -2.30. The van der Waals surface area contributed by atoms with Gasteiger partial charge in [-0.3, -0.25) is 14.4 Å². The van der Waals surface area contributed by atoms with E-state index in [1.54, 1.807) is 0 Å². The molecule has 0 aromatic heterocycles. The number of carbonyl (C=O) groups is 3. The molecule has 0 heterocycles. The van der Waals surface area contributed by atoms with Gasteiger partial charge in [0.05, 0.1) is 0 Å². The van der Waals surface area contributed by atoms with Crippen molar-refractivity contribution in [3.8, 4) is 0 Å². The highest BCUT2D eigenvalue weighted by Crippen LogP contribution is 2.26. The standard InChI is InChI=1S/C24H45NO6/c1-21(2,3)29-18(26)12-10-15-24(25,17-14-20(28)31-23(7,8)9)16-11-13-19(27)30-22(4,5)6/h10-17,25H2,1-9H3. The van der Waals surface area contributed by atoms with E-state index in [1.807, 2.05) is 62.3 Å². The fraction of sp³-hybridized carbons (Fsp3) is 0.875. The predicted molar refractivity (Wildman–Crippen MR) is 121 cm³/mol. The summed E-state index contributed by atoms with van der Waals surface area (Å²) in [5.74, 6) is -0.840. The molecular formula is C24H45NO6. The van der Waals surface area contributed by atoms with Gasteiger partial charge in [-0.25, -0.2) is 0 Å². The second-order valence-corrected chi connectivity index (χ2v) is 11.3. The largest absolute Gasteiger partial charge is 0.460 e. The molecule has 0 aromatic carbocycles. The molecule has 0 radical (unpaired) electrons. The molecule has 7 nitrogen and oxygen atoms in total. The highest BCUT2D eigenvalue weighted by molar-refractivity contribution is 5.70. The smallest absolute Gasteiger partial charge is 0.306 e. The summed E-state index contributed by atoms with van der Waals surface area (Å²) in [7, 11) is 0. The molecule has 0 fully saturated rings. The van der Waals surface area contributed by atoms with E-state index in [-0.39, 0.29) is 37.2 Å². The van der Waals surface area contributed by atoms with Gasteiger partial charge in [-0.05, 0) is 94.4 Å². The first-order valence-corrected chi connectivity index (χ1v) is 11.2. The van der Waals surface area contributed by atoms with Crippen LogP contribution in [0.4, 0.5) is 0 Å². The maximum Gasteiger partial charge on any atom is 0.306 e. The van der Waals surface area contributed by atoms with E-state index in [4.69, 9.17) is 19.9 Å². The van der Waals surface area contributed by atoms with E-state index < -0.39 is 22.3 Å². The summed E-state index contributed by atoms with van der Waals surface area (Å²) in [5.41, 5.74) is 4.34. The summed E-state index contributed by atoms with van der Waals surface area (Å²) in [5, 5.41) is 0. The van der Waals surface area contributed by atoms with Crippen LogP contribution in [0.2, 0.25) is 0 Å². The van der Waals surface area contributed by atoms with Gasteiger partial charge in [0.2, 0.25) is 0 Å². The number of esters is 3. The van der Waals surface area contributed by atoms with E-state index in [9.17, 15) is 14.4 Å². The molecule has 2 N–H and O–H groups in total. The van der Waals surface area contributed by atoms with Crippen LogP contribution >= 0.6 is 0 Å². The van der Waals surface area contributed by atoms with Gasteiger partial charge in [-0.2, -0.15) is 0 Å². The van der Waals surface area contributed by atoms with Crippen LogP contribution in [-0.2, 0) is 28.6 Å². The van der Waals surface area contributed by atoms with Crippen molar-refractivity contribution in [3.63, 3.8) is 0 Å². The number of nitrogens with two attached hydrogens (primary N) is 1. The Bertz CT molecular complexity index is 559. The van der Waals surface area contributed by atoms with Crippen molar-refractivity contribution in [3.05, 3.63) is 0 Å². The van der Waals surface area contributed by atoms with E-state index >= 15 is 0 Å². The SMILES string of the molecule is CC(C)(C)OC(=O)CCCC(N)(CCCC(=O)OC(C)(C)C)CCC(=O)OC(C)(C)C. The molecule has 0 aliphatic rings. The molecule has 0 saturated heterocycles. The van der Waals surface area contributed by atoms with Crippen molar-refractivity contribution in [1.29, 1.82) is 0 Å². The quantitative estimate of drug-likeness (QED) is 0.360. The zero-order valence-corrected chi connectivity index (χ0v) is 21.2. The van der Waals surface area contributed by atoms with E-state index in [2.05, 4.69) is 0 Å². The molecule has 7 heteroatoms. The number of hydrogen-bond donors (Lipinski definition) is 1. The van der Waals surface area contributed by atoms with Gasteiger partial charge in [0.15, 0.2) is 0 Å². The molecule has 0 bridgehead atoms. The van der Waals surface area contributed by atoms with Crippen LogP contribution in [0.3, 0.4) is 0 Å². The van der Waals surface area contributed by atoms with E-state index in [0.717, 1.165) is 0 Å². The summed E-state index contributed by atoms with van der Waals surface area (Å²) in [6, 6.07) is 0. The van der Waals surface area contributed by atoms with Crippen LogP contribution < -0.4 is 5.73 Å². The van der Waals surface area contributed by atoms with Gasteiger partial charge in [0.1, 0.15) is 16.8 Å². The van der Waals surface area contributed by atoms with Gasteiger partial charge in [-0.1, -0.05) is 0 Å². The molecule has 0 aliphatic heterocycles. The lowest BCUT2D eigenvalue weighted by molar-refractivity contribution is -0.157. The van der Waals surface area contributed by atoms with Crippen molar-refractivity contribution in [1.82, 2.24) is 0 Å². The number of hydrogen-bond acceptors (Lipinski definition) is 7. The third-order valence-corrected chi connectivity index (χ3v) is 4.20. The Morgan fingerprint density at radius 2 is 0.839 bits per heavy atom. The lowest BCUT2D eigenvalue weighted by atomic mass is 9.84. The van der Waals surface area contributed by atoms with Gasteiger partial charge in [0.25, 0.3) is 0 Å². The predicted octanol–water partition coefficient (Wildman–Crippen LogP) is 4.83. The number of rotatable bonds is 11. The van der Waals surface area contributed by atoms with Gasteiger partial charge in [0, 0.05) is 24.8 Å². The Hall–Kier alpha value is -1.63. The summed E-state index contributed by atoms with van der Waals surface area (Å²) >= 11 is 0. The lowest BCUT2D eigenvalue weighted by Crippen LogP contribution is -2.41. The zero-order chi connectivity index (χ0) is 24.5. The van der Waals surface area contributed by atoms with Crippen LogP contribution in [0, 0.1) is 0 Å². The van der Waals surface area contributed by atoms with Crippen LogP contribution in [0.1, 0.15) is 114 Å². The molecule has 0 atom stereocenters. The molecule has 0 unspecified atom stereocenters. The first-order valence-electron chi connectivity index (χ1n) is 11.2. The van der Waals surface area contributed by atoms with Gasteiger partial charge >= 0.3 is 17.9 Å². The summed E-state index contributed by atoms with van der Waals surface area (Å²) < 4.78 is 16.1. The second kappa shape index (κ2) is 11.8. The first kappa shape index (κ1) is 29.4. The average molecular weight is 444 g/mol.